The molecule has 0 unspecified atom stereocenters. The van der Waals surface area contributed by atoms with Crippen LogP contribution in [0.5, 0.6) is 0 Å². The van der Waals surface area contributed by atoms with E-state index in [1.165, 1.54) is 0 Å². The smallest absolute Gasteiger partial charge is 0.211 e. The highest BCUT2D eigenvalue weighted by atomic mass is 35.5. The second-order valence-electron chi connectivity index (χ2n) is 4.39. The van der Waals surface area contributed by atoms with Crippen molar-refractivity contribution in [2.45, 2.75) is 13.5 Å². The molecule has 0 heterocycles. The third-order valence-electron chi connectivity index (χ3n) is 2.80. The van der Waals surface area contributed by atoms with Gasteiger partial charge < -0.3 is 10.6 Å². The summed E-state index contributed by atoms with van der Waals surface area (Å²) in [7, 11) is -1.54. The molecular formula is C13H20Cl2N4O2S. The molecule has 1 aromatic rings. The Hall–Kier alpha value is -1.02. The van der Waals surface area contributed by atoms with Crippen molar-refractivity contribution < 1.29 is 8.42 Å². The molecule has 0 fully saturated rings. The van der Waals surface area contributed by atoms with Crippen LogP contribution in [0.25, 0.3) is 0 Å². The van der Waals surface area contributed by atoms with Crippen molar-refractivity contribution in [3.8, 4) is 0 Å². The van der Waals surface area contributed by atoms with Gasteiger partial charge in [-0.05, 0) is 24.6 Å². The fourth-order valence-corrected chi connectivity index (χ4v) is 2.65. The Balaban J connectivity index is 2.40. The van der Waals surface area contributed by atoms with Crippen LogP contribution in [0.3, 0.4) is 0 Å². The summed E-state index contributed by atoms with van der Waals surface area (Å²) >= 11 is 11.9. The van der Waals surface area contributed by atoms with Crippen molar-refractivity contribution >= 4 is 39.2 Å². The van der Waals surface area contributed by atoms with E-state index in [1.54, 1.807) is 26.1 Å². The van der Waals surface area contributed by atoms with E-state index in [4.69, 9.17) is 23.2 Å². The SMILES string of the molecule is CCS(=O)(=O)NCCNC(=NC)NCc1ccc(Cl)cc1Cl. The van der Waals surface area contributed by atoms with Crippen molar-refractivity contribution in [1.29, 1.82) is 0 Å². The van der Waals surface area contributed by atoms with Crippen molar-refractivity contribution in [1.82, 2.24) is 15.4 Å². The van der Waals surface area contributed by atoms with Gasteiger partial charge in [0.1, 0.15) is 0 Å². The van der Waals surface area contributed by atoms with E-state index < -0.39 is 10.0 Å². The number of nitrogens with zero attached hydrogens (tertiary/aromatic N) is 1. The van der Waals surface area contributed by atoms with E-state index in [2.05, 4.69) is 20.3 Å². The van der Waals surface area contributed by atoms with Gasteiger partial charge in [-0.3, -0.25) is 4.99 Å². The maximum atomic E-state index is 11.3. The summed E-state index contributed by atoms with van der Waals surface area (Å²) in [5.41, 5.74) is 0.890. The Kier molecular flexibility index (Phi) is 7.95. The zero-order chi connectivity index (χ0) is 16.6. The fraction of sp³-hybridized carbons (Fsp3) is 0.462. The second-order valence-corrected chi connectivity index (χ2v) is 7.33. The molecule has 3 N–H and O–H groups in total. The third-order valence-corrected chi connectivity index (χ3v) is 4.80. The topological polar surface area (TPSA) is 82.6 Å². The van der Waals surface area contributed by atoms with Crippen LogP contribution in [-0.2, 0) is 16.6 Å². The first-order valence-corrected chi connectivity index (χ1v) is 9.14. The first-order chi connectivity index (χ1) is 10.4. The molecule has 1 aromatic carbocycles. The number of rotatable bonds is 7. The van der Waals surface area contributed by atoms with Crippen LogP contribution < -0.4 is 15.4 Å². The maximum Gasteiger partial charge on any atom is 0.211 e. The van der Waals surface area contributed by atoms with Crippen LogP contribution in [0.1, 0.15) is 12.5 Å². The van der Waals surface area contributed by atoms with Crippen molar-refractivity contribution in [2.75, 3.05) is 25.9 Å². The van der Waals surface area contributed by atoms with Crippen molar-refractivity contribution in [3.63, 3.8) is 0 Å². The lowest BCUT2D eigenvalue weighted by Gasteiger charge is -2.13. The molecule has 0 saturated carbocycles. The van der Waals surface area contributed by atoms with Gasteiger partial charge in [-0.2, -0.15) is 0 Å². The molecule has 0 saturated heterocycles. The average molecular weight is 367 g/mol. The quantitative estimate of drug-likeness (QED) is 0.388. The minimum absolute atomic E-state index is 0.0645. The molecule has 9 heteroatoms. The number of sulfonamides is 1. The van der Waals surface area contributed by atoms with E-state index >= 15 is 0 Å². The zero-order valence-electron chi connectivity index (χ0n) is 12.5. The summed E-state index contributed by atoms with van der Waals surface area (Å²) in [4.78, 5) is 4.05. The Morgan fingerprint density at radius 1 is 1.23 bits per heavy atom. The number of hydrogen-bond acceptors (Lipinski definition) is 3. The minimum Gasteiger partial charge on any atom is -0.355 e. The second kappa shape index (κ2) is 9.19. The molecule has 0 spiro atoms. The van der Waals surface area contributed by atoms with Crippen molar-refractivity contribution in [2.24, 2.45) is 4.99 Å². The summed E-state index contributed by atoms with van der Waals surface area (Å²) in [6.45, 7) is 2.79. The zero-order valence-corrected chi connectivity index (χ0v) is 14.8. The molecule has 0 aromatic heterocycles. The Morgan fingerprint density at radius 3 is 2.55 bits per heavy atom. The standard InChI is InChI=1S/C13H20Cl2N4O2S/c1-3-22(20,21)19-7-6-17-13(16-2)18-9-10-4-5-11(14)8-12(10)15/h4-5,8,19H,3,6-7,9H2,1-2H3,(H2,16,17,18). The van der Waals surface area contributed by atoms with E-state index in [0.29, 0.717) is 35.6 Å². The van der Waals surface area contributed by atoms with Gasteiger partial charge in [0.2, 0.25) is 10.0 Å². The monoisotopic (exact) mass is 366 g/mol. The predicted octanol–water partition coefficient (Wildman–Crippen LogP) is 1.60. The number of aliphatic imine (C=N–C) groups is 1. The molecule has 0 aliphatic carbocycles. The van der Waals surface area contributed by atoms with Crippen LogP contribution in [0.2, 0.25) is 10.0 Å². The molecule has 6 nitrogen and oxygen atoms in total. The highest BCUT2D eigenvalue weighted by Gasteiger charge is 2.06. The molecule has 0 atom stereocenters. The summed E-state index contributed by atoms with van der Waals surface area (Å²) in [6, 6.07) is 5.27. The van der Waals surface area contributed by atoms with E-state index in [1.807, 2.05) is 6.07 Å². The minimum atomic E-state index is -3.17. The summed E-state index contributed by atoms with van der Waals surface area (Å²) in [6.07, 6.45) is 0. The van der Waals surface area contributed by atoms with Crippen LogP contribution in [0.4, 0.5) is 0 Å². The predicted molar refractivity (Wildman–Crippen MR) is 92.1 cm³/mol. The van der Waals surface area contributed by atoms with Gasteiger partial charge in [-0.1, -0.05) is 29.3 Å². The lowest BCUT2D eigenvalue weighted by atomic mass is 10.2. The lowest BCUT2D eigenvalue weighted by molar-refractivity contribution is 0.582. The molecule has 124 valence electrons. The van der Waals surface area contributed by atoms with Crippen molar-refractivity contribution in [3.05, 3.63) is 33.8 Å². The van der Waals surface area contributed by atoms with E-state index in [0.717, 1.165) is 5.56 Å². The third kappa shape index (κ3) is 6.83. The van der Waals surface area contributed by atoms with E-state index in [-0.39, 0.29) is 5.75 Å². The maximum absolute atomic E-state index is 11.3. The molecular weight excluding hydrogens is 347 g/mol. The van der Waals surface area contributed by atoms with Gasteiger partial charge in [0, 0.05) is 36.7 Å². The van der Waals surface area contributed by atoms with Gasteiger partial charge in [0.15, 0.2) is 5.96 Å². The highest BCUT2D eigenvalue weighted by molar-refractivity contribution is 7.89. The Bertz CT molecular complexity index is 620. The number of guanidine groups is 1. The first kappa shape index (κ1) is 19.0. The highest BCUT2D eigenvalue weighted by Crippen LogP contribution is 2.20. The number of hydrogen-bond donors (Lipinski definition) is 3. The van der Waals surface area contributed by atoms with Gasteiger partial charge in [-0.15, -0.1) is 0 Å². The molecule has 0 bridgehead atoms. The Morgan fingerprint density at radius 2 is 1.95 bits per heavy atom. The lowest BCUT2D eigenvalue weighted by Crippen LogP contribution is -2.41. The number of halogens is 2. The van der Waals surface area contributed by atoms with Gasteiger partial charge >= 0.3 is 0 Å². The van der Waals surface area contributed by atoms with Crippen LogP contribution in [0.15, 0.2) is 23.2 Å². The fourth-order valence-electron chi connectivity index (χ4n) is 1.55. The summed E-state index contributed by atoms with van der Waals surface area (Å²) < 4.78 is 25.0. The molecule has 0 amide bonds. The normalized spacial score (nSPS) is 12.3. The number of benzene rings is 1. The van der Waals surface area contributed by atoms with Gasteiger partial charge in [-0.25, -0.2) is 13.1 Å². The van der Waals surface area contributed by atoms with Crippen LogP contribution in [-0.4, -0.2) is 40.3 Å². The largest absolute Gasteiger partial charge is 0.355 e. The van der Waals surface area contributed by atoms with Gasteiger partial charge in [0.05, 0.1) is 5.75 Å². The molecule has 0 aliphatic heterocycles. The summed E-state index contributed by atoms with van der Waals surface area (Å²) in [5.74, 6) is 0.622. The first-order valence-electron chi connectivity index (χ1n) is 6.73. The van der Waals surface area contributed by atoms with E-state index in [9.17, 15) is 8.42 Å². The molecule has 0 aliphatic rings. The van der Waals surface area contributed by atoms with Crippen LogP contribution >= 0.6 is 23.2 Å². The average Bonchev–Trinajstić information content (AvgIpc) is 2.48. The van der Waals surface area contributed by atoms with Crippen LogP contribution in [0, 0.1) is 0 Å². The summed E-state index contributed by atoms with van der Waals surface area (Å²) in [5, 5.41) is 7.26. The molecule has 0 radical (unpaired) electrons. The van der Waals surface area contributed by atoms with Gasteiger partial charge in [0.25, 0.3) is 0 Å². The Labute approximate surface area is 141 Å². The molecule has 1 rings (SSSR count). The number of nitrogens with one attached hydrogen (secondary N) is 3. The molecule has 22 heavy (non-hydrogen) atoms.